The molecule has 1 aromatic rings. The summed E-state index contributed by atoms with van der Waals surface area (Å²) in [6.45, 7) is 7.81. The standard InChI is InChI=1S/C20H29N3O/c1-19(2,3)17-9-7-16(8-10-17)13-23(4)14-18(24)22-20(15-21)11-5-6-12-20/h7-10H,5-6,11-14H2,1-4H3,(H,22,24)/p+1. The van der Waals surface area contributed by atoms with Crippen LogP contribution in [0.3, 0.4) is 0 Å². The Labute approximate surface area is 145 Å². The molecule has 0 radical (unpaired) electrons. The number of hydrogen-bond acceptors (Lipinski definition) is 2. The van der Waals surface area contributed by atoms with Gasteiger partial charge in [0, 0.05) is 5.56 Å². The van der Waals surface area contributed by atoms with Crippen molar-refractivity contribution < 1.29 is 9.69 Å². The Morgan fingerprint density at radius 3 is 2.33 bits per heavy atom. The normalized spacial score (nSPS) is 18.0. The van der Waals surface area contributed by atoms with Crippen LogP contribution in [0, 0.1) is 11.3 Å². The summed E-state index contributed by atoms with van der Waals surface area (Å²) in [5, 5.41) is 12.3. The van der Waals surface area contributed by atoms with Crippen LogP contribution in [0.25, 0.3) is 0 Å². The molecule has 1 fully saturated rings. The third kappa shape index (κ3) is 4.82. The number of carbonyl (C=O) groups excluding carboxylic acids is 1. The Balaban J connectivity index is 1.87. The van der Waals surface area contributed by atoms with Crippen molar-refractivity contribution in [3.8, 4) is 6.07 Å². The van der Waals surface area contributed by atoms with E-state index < -0.39 is 5.54 Å². The minimum Gasteiger partial charge on any atom is -0.333 e. The summed E-state index contributed by atoms with van der Waals surface area (Å²) in [4.78, 5) is 13.4. The monoisotopic (exact) mass is 328 g/mol. The van der Waals surface area contributed by atoms with E-state index in [-0.39, 0.29) is 11.3 Å². The Bertz CT molecular complexity index is 601. The number of nitrogens with zero attached hydrogens (tertiary/aromatic N) is 1. The molecule has 0 saturated heterocycles. The van der Waals surface area contributed by atoms with Crippen molar-refractivity contribution in [2.24, 2.45) is 0 Å². The maximum atomic E-state index is 12.3. The second-order valence-corrected chi connectivity index (χ2v) is 8.21. The fourth-order valence-electron chi connectivity index (χ4n) is 3.36. The zero-order valence-corrected chi connectivity index (χ0v) is 15.4. The molecule has 2 N–H and O–H groups in total. The minimum atomic E-state index is -0.619. The van der Waals surface area contributed by atoms with Crippen molar-refractivity contribution in [3.63, 3.8) is 0 Å². The van der Waals surface area contributed by atoms with Gasteiger partial charge in [0.25, 0.3) is 5.91 Å². The number of benzene rings is 1. The Hall–Kier alpha value is -1.86. The van der Waals surface area contributed by atoms with Gasteiger partial charge in [0.2, 0.25) is 0 Å². The van der Waals surface area contributed by atoms with Gasteiger partial charge in [-0.3, -0.25) is 4.79 Å². The third-order valence-electron chi connectivity index (χ3n) is 4.84. The van der Waals surface area contributed by atoms with Crippen molar-refractivity contribution in [1.82, 2.24) is 5.32 Å². The predicted molar refractivity (Wildman–Crippen MR) is 95.6 cm³/mol. The van der Waals surface area contributed by atoms with E-state index in [0.29, 0.717) is 6.54 Å². The van der Waals surface area contributed by atoms with Gasteiger partial charge in [0.15, 0.2) is 6.54 Å². The van der Waals surface area contributed by atoms with Gasteiger partial charge in [-0.25, -0.2) is 0 Å². The number of carbonyl (C=O) groups is 1. The number of quaternary nitrogens is 1. The van der Waals surface area contributed by atoms with Crippen LogP contribution in [0.2, 0.25) is 0 Å². The summed E-state index contributed by atoms with van der Waals surface area (Å²) in [6.07, 6.45) is 3.61. The largest absolute Gasteiger partial charge is 0.333 e. The fraction of sp³-hybridized carbons (Fsp3) is 0.600. The van der Waals surface area contributed by atoms with Crippen LogP contribution in [0.4, 0.5) is 0 Å². The average molecular weight is 328 g/mol. The lowest BCUT2D eigenvalue weighted by Crippen LogP contribution is -3.09. The first-order chi connectivity index (χ1) is 11.2. The highest BCUT2D eigenvalue weighted by molar-refractivity contribution is 5.78. The molecule has 1 atom stereocenters. The summed E-state index contributed by atoms with van der Waals surface area (Å²) < 4.78 is 0. The third-order valence-corrected chi connectivity index (χ3v) is 4.84. The topological polar surface area (TPSA) is 57.3 Å². The summed E-state index contributed by atoms with van der Waals surface area (Å²) in [5.41, 5.74) is 2.08. The predicted octanol–water partition coefficient (Wildman–Crippen LogP) is 1.95. The molecule has 0 heterocycles. The molecule has 4 nitrogen and oxygen atoms in total. The van der Waals surface area contributed by atoms with Crippen LogP contribution in [0.15, 0.2) is 24.3 Å². The van der Waals surface area contributed by atoms with Gasteiger partial charge < -0.3 is 10.2 Å². The van der Waals surface area contributed by atoms with E-state index in [9.17, 15) is 10.1 Å². The van der Waals surface area contributed by atoms with Crippen LogP contribution >= 0.6 is 0 Å². The number of nitrogens with one attached hydrogen (secondary N) is 2. The SMILES string of the molecule is C[NH+](CC(=O)NC1(C#N)CCCC1)Cc1ccc(C(C)(C)C)cc1. The van der Waals surface area contributed by atoms with Gasteiger partial charge in [-0.1, -0.05) is 45.0 Å². The van der Waals surface area contributed by atoms with E-state index in [1.165, 1.54) is 11.1 Å². The summed E-state index contributed by atoms with van der Waals surface area (Å²) in [7, 11) is 2.02. The molecule has 1 amide bonds. The van der Waals surface area contributed by atoms with Gasteiger partial charge >= 0.3 is 0 Å². The van der Waals surface area contributed by atoms with Crippen molar-refractivity contribution in [1.29, 1.82) is 5.26 Å². The summed E-state index contributed by atoms with van der Waals surface area (Å²) in [5.74, 6) is -0.0257. The van der Waals surface area contributed by atoms with Crippen LogP contribution in [0.5, 0.6) is 0 Å². The Morgan fingerprint density at radius 1 is 1.25 bits per heavy atom. The molecular formula is C20H30N3O+. The average Bonchev–Trinajstić information content (AvgIpc) is 2.95. The van der Waals surface area contributed by atoms with Crippen LogP contribution < -0.4 is 10.2 Å². The second-order valence-electron chi connectivity index (χ2n) is 8.21. The van der Waals surface area contributed by atoms with E-state index in [1.54, 1.807) is 0 Å². The first kappa shape index (κ1) is 18.5. The molecule has 1 aliphatic rings. The minimum absolute atomic E-state index is 0.0257. The molecule has 1 aromatic carbocycles. The molecule has 2 rings (SSSR count). The molecule has 0 bridgehead atoms. The lowest BCUT2D eigenvalue weighted by Gasteiger charge is -2.23. The zero-order chi connectivity index (χ0) is 17.8. The highest BCUT2D eigenvalue weighted by Crippen LogP contribution is 2.28. The fourth-order valence-corrected chi connectivity index (χ4v) is 3.36. The second kappa shape index (κ2) is 7.36. The summed E-state index contributed by atoms with van der Waals surface area (Å²) in [6, 6.07) is 11.0. The molecule has 0 aromatic heterocycles. The van der Waals surface area contributed by atoms with E-state index in [2.05, 4.69) is 56.4 Å². The lowest BCUT2D eigenvalue weighted by atomic mass is 9.87. The van der Waals surface area contributed by atoms with Crippen LogP contribution in [0.1, 0.15) is 57.6 Å². The van der Waals surface area contributed by atoms with Gasteiger partial charge in [-0.05, 0) is 36.7 Å². The summed E-state index contributed by atoms with van der Waals surface area (Å²) >= 11 is 0. The van der Waals surface area contributed by atoms with Gasteiger partial charge in [-0.2, -0.15) is 5.26 Å². The first-order valence-electron chi connectivity index (χ1n) is 8.87. The van der Waals surface area contributed by atoms with Crippen molar-refractivity contribution >= 4 is 5.91 Å². The smallest absolute Gasteiger partial charge is 0.276 e. The van der Waals surface area contributed by atoms with E-state index >= 15 is 0 Å². The van der Waals surface area contributed by atoms with Crippen LogP contribution in [-0.4, -0.2) is 25.0 Å². The highest BCUT2D eigenvalue weighted by atomic mass is 16.2. The maximum Gasteiger partial charge on any atom is 0.276 e. The molecule has 1 aliphatic carbocycles. The number of likely N-dealkylation sites (N-methyl/N-ethyl adjacent to an activating group) is 1. The molecule has 130 valence electrons. The molecule has 4 heteroatoms. The maximum absolute atomic E-state index is 12.3. The van der Waals surface area contributed by atoms with E-state index in [4.69, 9.17) is 0 Å². The van der Waals surface area contributed by atoms with Crippen molar-refractivity contribution in [2.75, 3.05) is 13.6 Å². The highest BCUT2D eigenvalue weighted by Gasteiger charge is 2.35. The molecular weight excluding hydrogens is 298 g/mol. The molecule has 24 heavy (non-hydrogen) atoms. The number of hydrogen-bond donors (Lipinski definition) is 2. The number of rotatable bonds is 5. The number of nitriles is 1. The van der Waals surface area contributed by atoms with Gasteiger partial charge in [-0.15, -0.1) is 0 Å². The molecule has 0 spiro atoms. The molecule has 0 aliphatic heterocycles. The Kier molecular flexibility index (Phi) is 5.66. The van der Waals surface area contributed by atoms with E-state index in [1.807, 2.05) is 7.05 Å². The van der Waals surface area contributed by atoms with Crippen molar-refractivity contribution in [3.05, 3.63) is 35.4 Å². The van der Waals surface area contributed by atoms with Gasteiger partial charge in [0.1, 0.15) is 12.1 Å². The number of amides is 1. The quantitative estimate of drug-likeness (QED) is 0.868. The lowest BCUT2D eigenvalue weighted by molar-refractivity contribution is -0.885. The Morgan fingerprint density at radius 2 is 1.83 bits per heavy atom. The van der Waals surface area contributed by atoms with Gasteiger partial charge in [0.05, 0.1) is 13.1 Å². The van der Waals surface area contributed by atoms with E-state index in [0.717, 1.165) is 37.1 Å². The molecule has 1 saturated carbocycles. The van der Waals surface area contributed by atoms with Crippen LogP contribution in [-0.2, 0) is 16.8 Å². The molecule has 1 unspecified atom stereocenters. The zero-order valence-electron chi connectivity index (χ0n) is 15.4. The first-order valence-corrected chi connectivity index (χ1v) is 8.87. The van der Waals surface area contributed by atoms with Crippen molar-refractivity contribution in [2.45, 2.75) is 64.0 Å².